The molecule has 0 atom stereocenters. The lowest BCUT2D eigenvalue weighted by Crippen LogP contribution is -2.65. The van der Waals surface area contributed by atoms with E-state index in [-0.39, 0.29) is 10.8 Å². The van der Waals surface area contributed by atoms with Crippen LogP contribution < -0.4 is 5.32 Å². The summed E-state index contributed by atoms with van der Waals surface area (Å²) in [5.41, 5.74) is -1.28. The van der Waals surface area contributed by atoms with Gasteiger partial charge in [-0.25, -0.2) is 8.42 Å². The zero-order valence-electron chi connectivity index (χ0n) is 9.84. The van der Waals surface area contributed by atoms with Gasteiger partial charge in [0, 0.05) is 0 Å². The Morgan fingerprint density at radius 2 is 2.06 bits per heavy atom. The fourth-order valence-corrected chi connectivity index (χ4v) is 4.47. The Labute approximate surface area is 109 Å². The van der Waals surface area contributed by atoms with Gasteiger partial charge in [-0.2, -0.15) is 4.31 Å². The third kappa shape index (κ3) is 1.96. The highest BCUT2D eigenvalue weighted by atomic mass is 32.2. The van der Waals surface area contributed by atoms with E-state index in [1.54, 1.807) is 11.4 Å². The summed E-state index contributed by atoms with van der Waals surface area (Å²) in [5.74, 6) is -1.22. The van der Waals surface area contributed by atoms with Crippen molar-refractivity contribution in [1.82, 2.24) is 9.62 Å². The molecule has 1 aliphatic rings. The SMILES string of the molecule is CC1(C)C(=O)NC(=O)CN1S(=O)(=O)c1cccs1. The molecule has 2 rings (SSSR count). The van der Waals surface area contributed by atoms with Gasteiger partial charge in [0.05, 0.1) is 6.54 Å². The molecule has 0 bridgehead atoms. The number of sulfonamides is 1. The van der Waals surface area contributed by atoms with Crippen LogP contribution in [0.4, 0.5) is 0 Å². The third-order valence-electron chi connectivity index (χ3n) is 2.76. The molecule has 2 heterocycles. The summed E-state index contributed by atoms with van der Waals surface area (Å²) < 4.78 is 25.8. The van der Waals surface area contributed by atoms with Crippen molar-refractivity contribution in [3.05, 3.63) is 17.5 Å². The number of nitrogens with zero attached hydrogens (tertiary/aromatic N) is 1. The first kappa shape index (κ1) is 13.2. The molecule has 1 saturated heterocycles. The Bertz CT molecular complexity index is 589. The van der Waals surface area contributed by atoms with E-state index >= 15 is 0 Å². The van der Waals surface area contributed by atoms with Gasteiger partial charge in [-0.05, 0) is 25.3 Å². The van der Waals surface area contributed by atoms with Gasteiger partial charge in [-0.3, -0.25) is 14.9 Å². The lowest BCUT2D eigenvalue weighted by atomic mass is 10.0. The number of carbonyl (C=O) groups excluding carboxylic acids is 2. The Balaban J connectivity index is 2.49. The maximum absolute atomic E-state index is 12.4. The molecule has 1 aromatic heterocycles. The molecular weight excluding hydrogens is 276 g/mol. The lowest BCUT2D eigenvalue weighted by Gasteiger charge is -2.38. The van der Waals surface area contributed by atoms with Crippen LogP contribution in [0.1, 0.15) is 13.8 Å². The Morgan fingerprint density at radius 1 is 1.39 bits per heavy atom. The molecule has 8 heteroatoms. The zero-order valence-corrected chi connectivity index (χ0v) is 11.5. The van der Waals surface area contributed by atoms with Crippen LogP contribution in [-0.4, -0.2) is 36.6 Å². The Morgan fingerprint density at radius 3 is 2.61 bits per heavy atom. The molecule has 0 radical (unpaired) electrons. The molecule has 6 nitrogen and oxygen atoms in total. The molecular formula is C10H12N2O4S2. The fourth-order valence-electron chi connectivity index (χ4n) is 1.66. The molecule has 18 heavy (non-hydrogen) atoms. The second kappa shape index (κ2) is 4.15. The molecule has 2 amide bonds. The predicted octanol–water partition coefficient (Wildman–Crippen LogP) is 0.174. The Hall–Kier alpha value is -1.25. The topological polar surface area (TPSA) is 83.6 Å². The summed E-state index contributed by atoms with van der Waals surface area (Å²) in [6.07, 6.45) is 0. The minimum atomic E-state index is -3.82. The summed E-state index contributed by atoms with van der Waals surface area (Å²) in [7, 11) is -3.82. The van der Waals surface area contributed by atoms with Crippen LogP contribution >= 0.6 is 11.3 Å². The quantitative estimate of drug-likeness (QED) is 0.787. The van der Waals surface area contributed by atoms with Gasteiger partial charge >= 0.3 is 0 Å². The van der Waals surface area contributed by atoms with E-state index in [9.17, 15) is 18.0 Å². The number of imide groups is 1. The van der Waals surface area contributed by atoms with Crippen LogP contribution in [-0.2, 0) is 19.6 Å². The van der Waals surface area contributed by atoms with E-state index in [0.29, 0.717) is 0 Å². The summed E-state index contributed by atoms with van der Waals surface area (Å²) in [6, 6.07) is 3.06. The lowest BCUT2D eigenvalue weighted by molar-refractivity contribution is -0.141. The monoisotopic (exact) mass is 288 g/mol. The van der Waals surface area contributed by atoms with Gasteiger partial charge in [-0.1, -0.05) is 6.07 Å². The number of carbonyl (C=O) groups is 2. The molecule has 1 N–H and O–H groups in total. The van der Waals surface area contributed by atoms with Crippen LogP contribution in [0, 0.1) is 0 Å². The van der Waals surface area contributed by atoms with Gasteiger partial charge in [0.1, 0.15) is 9.75 Å². The molecule has 0 spiro atoms. The first-order chi connectivity index (χ1) is 8.26. The maximum atomic E-state index is 12.4. The van der Waals surface area contributed by atoms with Gasteiger partial charge in [0.15, 0.2) is 0 Å². The highest BCUT2D eigenvalue weighted by Crippen LogP contribution is 2.29. The van der Waals surface area contributed by atoms with Crippen molar-refractivity contribution in [2.75, 3.05) is 6.54 Å². The highest BCUT2D eigenvalue weighted by molar-refractivity contribution is 7.91. The van der Waals surface area contributed by atoms with Crippen LogP contribution in [0.2, 0.25) is 0 Å². The standard InChI is InChI=1S/C10H12N2O4S2/c1-10(2)9(14)11-7(13)6-12(10)18(15,16)8-4-3-5-17-8/h3-5H,6H2,1-2H3,(H,11,13,14). The molecule has 0 saturated carbocycles. The third-order valence-corrected chi connectivity index (χ3v) is 6.15. The summed E-state index contributed by atoms with van der Waals surface area (Å²) in [6.45, 7) is 2.60. The van der Waals surface area contributed by atoms with Crippen molar-refractivity contribution in [3.63, 3.8) is 0 Å². The van der Waals surface area contributed by atoms with E-state index < -0.39 is 27.4 Å². The maximum Gasteiger partial charge on any atom is 0.253 e. The molecule has 0 aliphatic carbocycles. The average Bonchev–Trinajstić information content (AvgIpc) is 2.77. The van der Waals surface area contributed by atoms with Crippen LogP contribution in [0.3, 0.4) is 0 Å². The number of thiophene rings is 1. The van der Waals surface area contributed by atoms with Crippen LogP contribution in [0.5, 0.6) is 0 Å². The molecule has 0 aromatic carbocycles. The van der Waals surface area contributed by atoms with Crippen molar-refractivity contribution in [3.8, 4) is 0 Å². The second-order valence-electron chi connectivity index (χ2n) is 4.38. The largest absolute Gasteiger partial charge is 0.294 e. The number of amides is 2. The minimum Gasteiger partial charge on any atom is -0.294 e. The molecule has 0 unspecified atom stereocenters. The van der Waals surface area contributed by atoms with Crippen molar-refractivity contribution in [2.45, 2.75) is 23.6 Å². The average molecular weight is 288 g/mol. The molecule has 98 valence electrons. The number of hydrogen-bond donors (Lipinski definition) is 1. The minimum absolute atomic E-state index is 0.123. The first-order valence-corrected chi connectivity index (χ1v) is 7.49. The molecule has 1 fully saturated rings. The van der Waals surface area contributed by atoms with Gasteiger partial charge in [-0.15, -0.1) is 11.3 Å². The second-order valence-corrected chi connectivity index (χ2v) is 7.42. The summed E-state index contributed by atoms with van der Waals surface area (Å²) >= 11 is 1.05. The van der Waals surface area contributed by atoms with E-state index in [2.05, 4.69) is 5.32 Å². The predicted molar refractivity (Wildman–Crippen MR) is 65.4 cm³/mol. The van der Waals surface area contributed by atoms with Crippen molar-refractivity contribution >= 4 is 33.2 Å². The number of rotatable bonds is 2. The highest BCUT2D eigenvalue weighted by Gasteiger charge is 2.47. The summed E-state index contributed by atoms with van der Waals surface area (Å²) in [5, 5.41) is 3.77. The number of hydrogen-bond acceptors (Lipinski definition) is 5. The Kier molecular flexibility index (Phi) is 3.04. The van der Waals surface area contributed by atoms with Crippen molar-refractivity contribution in [1.29, 1.82) is 0 Å². The van der Waals surface area contributed by atoms with Gasteiger partial charge in [0.2, 0.25) is 11.8 Å². The van der Waals surface area contributed by atoms with Crippen molar-refractivity contribution < 1.29 is 18.0 Å². The molecule has 1 aromatic rings. The number of piperazine rings is 1. The van der Waals surface area contributed by atoms with E-state index in [1.807, 2.05) is 0 Å². The zero-order chi connectivity index (χ0) is 13.6. The first-order valence-electron chi connectivity index (χ1n) is 5.17. The van der Waals surface area contributed by atoms with E-state index in [1.165, 1.54) is 19.9 Å². The van der Waals surface area contributed by atoms with E-state index in [4.69, 9.17) is 0 Å². The number of nitrogens with one attached hydrogen (secondary N) is 1. The van der Waals surface area contributed by atoms with Crippen LogP contribution in [0.25, 0.3) is 0 Å². The van der Waals surface area contributed by atoms with Gasteiger partial charge in [0.25, 0.3) is 10.0 Å². The fraction of sp³-hybridized carbons (Fsp3) is 0.400. The smallest absolute Gasteiger partial charge is 0.253 e. The van der Waals surface area contributed by atoms with Crippen molar-refractivity contribution in [2.24, 2.45) is 0 Å². The normalized spacial score (nSPS) is 20.8. The summed E-state index contributed by atoms with van der Waals surface area (Å²) in [4.78, 5) is 23.1. The van der Waals surface area contributed by atoms with Crippen LogP contribution in [0.15, 0.2) is 21.7 Å². The van der Waals surface area contributed by atoms with E-state index in [0.717, 1.165) is 15.6 Å². The van der Waals surface area contributed by atoms with Gasteiger partial charge < -0.3 is 0 Å². The molecule has 1 aliphatic heterocycles.